The molecule has 0 saturated carbocycles. The van der Waals surface area contributed by atoms with Crippen molar-refractivity contribution in [3.8, 4) is 11.1 Å². The van der Waals surface area contributed by atoms with Gasteiger partial charge in [-0.15, -0.1) is 0 Å². The number of aryl methyl sites for hydroxylation is 1. The maximum absolute atomic E-state index is 11.3. The van der Waals surface area contributed by atoms with Gasteiger partial charge in [-0.2, -0.15) is 0 Å². The predicted octanol–water partition coefficient (Wildman–Crippen LogP) is 3.79. The summed E-state index contributed by atoms with van der Waals surface area (Å²) in [7, 11) is 3.68. The number of nitro groups is 2. The van der Waals surface area contributed by atoms with Crippen LogP contribution in [0, 0.1) is 20.2 Å². The van der Waals surface area contributed by atoms with Gasteiger partial charge in [0.2, 0.25) is 0 Å². The molecule has 0 radical (unpaired) electrons. The molecule has 0 bridgehead atoms. The zero-order chi connectivity index (χ0) is 17.9. The first-order chi connectivity index (χ1) is 11.3. The molecule has 0 unspecified atom stereocenters. The van der Waals surface area contributed by atoms with Gasteiger partial charge in [0.1, 0.15) is 0 Å². The molecule has 0 fully saturated rings. The van der Waals surface area contributed by atoms with Crippen molar-refractivity contribution in [1.29, 1.82) is 0 Å². The second kappa shape index (κ2) is 7.18. The van der Waals surface area contributed by atoms with Crippen molar-refractivity contribution in [2.45, 2.75) is 19.9 Å². The number of benzene rings is 2. The van der Waals surface area contributed by atoms with Gasteiger partial charge in [-0.05, 0) is 31.6 Å². The SMILES string of the molecule is CCc1ccc(-c2ccc(CN(C)C)c([N+](=O)[O-])c2)cc1[N+](=O)[O-]. The molecule has 0 aliphatic rings. The lowest BCUT2D eigenvalue weighted by Gasteiger charge is -2.11. The van der Waals surface area contributed by atoms with E-state index in [1.54, 1.807) is 24.3 Å². The molecule has 0 aromatic heterocycles. The standard InChI is InChI=1S/C17H19N3O4/c1-4-12-5-6-13(9-16(12)19(21)22)14-7-8-15(11-18(2)3)17(10-14)20(23)24/h5-10H,4,11H2,1-3H3. The average Bonchev–Trinajstić information content (AvgIpc) is 2.53. The third kappa shape index (κ3) is 3.75. The number of hydrogen-bond donors (Lipinski definition) is 0. The number of nitro benzene ring substituents is 2. The highest BCUT2D eigenvalue weighted by molar-refractivity contribution is 5.70. The summed E-state index contributed by atoms with van der Waals surface area (Å²) in [4.78, 5) is 23.6. The van der Waals surface area contributed by atoms with Crippen molar-refractivity contribution >= 4 is 11.4 Å². The molecule has 2 aromatic rings. The first kappa shape index (κ1) is 17.6. The van der Waals surface area contributed by atoms with E-state index in [4.69, 9.17) is 0 Å². The maximum atomic E-state index is 11.3. The normalized spacial score (nSPS) is 10.8. The van der Waals surface area contributed by atoms with Gasteiger partial charge in [-0.3, -0.25) is 20.2 Å². The van der Waals surface area contributed by atoms with Crippen LogP contribution in [-0.4, -0.2) is 28.8 Å². The Kier molecular flexibility index (Phi) is 5.25. The molecule has 0 heterocycles. The molecule has 2 rings (SSSR count). The summed E-state index contributed by atoms with van der Waals surface area (Å²) in [6.07, 6.45) is 0.554. The van der Waals surface area contributed by atoms with Crippen molar-refractivity contribution in [3.63, 3.8) is 0 Å². The van der Waals surface area contributed by atoms with E-state index in [-0.39, 0.29) is 11.4 Å². The molecule has 0 aliphatic heterocycles. The molecule has 24 heavy (non-hydrogen) atoms. The van der Waals surface area contributed by atoms with Crippen LogP contribution >= 0.6 is 0 Å². The van der Waals surface area contributed by atoms with Crippen molar-refractivity contribution < 1.29 is 9.85 Å². The van der Waals surface area contributed by atoms with Crippen LogP contribution in [0.15, 0.2) is 36.4 Å². The summed E-state index contributed by atoms with van der Waals surface area (Å²) in [6, 6.07) is 9.88. The summed E-state index contributed by atoms with van der Waals surface area (Å²) in [5, 5.41) is 22.5. The molecule has 0 amide bonds. The smallest absolute Gasteiger partial charge is 0.274 e. The zero-order valence-electron chi connectivity index (χ0n) is 13.9. The third-order valence-electron chi connectivity index (χ3n) is 3.76. The third-order valence-corrected chi connectivity index (χ3v) is 3.76. The van der Waals surface area contributed by atoms with Crippen molar-refractivity contribution in [1.82, 2.24) is 4.90 Å². The molecule has 0 saturated heterocycles. The summed E-state index contributed by atoms with van der Waals surface area (Å²) in [5.74, 6) is 0. The van der Waals surface area contributed by atoms with Crippen LogP contribution in [0.1, 0.15) is 18.1 Å². The molecule has 0 spiro atoms. The number of rotatable bonds is 6. The van der Waals surface area contributed by atoms with Crippen LogP contribution in [0.2, 0.25) is 0 Å². The van der Waals surface area contributed by atoms with Crippen LogP contribution in [0.25, 0.3) is 11.1 Å². The lowest BCUT2D eigenvalue weighted by Crippen LogP contribution is -2.12. The highest BCUT2D eigenvalue weighted by Gasteiger charge is 2.18. The fourth-order valence-corrected chi connectivity index (χ4v) is 2.60. The summed E-state index contributed by atoms with van der Waals surface area (Å²) in [6.45, 7) is 2.30. The van der Waals surface area contributed by atoms with E-state index < -0.39 is 9.85 Å². The molecule has 0 aliphatic carbocycles. The second-order valence-corrected chi connectivity index (χ2v) is 5.79. The first-order valence-corrected chi connectivity index (χ1v) is 7.53. The Hall–Kier alpha value is -2.80. The minimum atomic E-state index is -0.419. The van der Waals surface area contributed by atoms with Crippen molar-refractivity contribution in [2.75, 3.05) is 14.1 Å². The summed E-state index contributed by atoms with van der Waals surface area (Å²) >= 11 is 0. The van der Waals surface area contributed by atoms with E-state index in [0.717, 1.165) is 0 Å². The molecule has 7 nitrogen and oxygen atoms in total. The van der Waals surface area contributed by atoms with Crippen molar-refractivity contribution in [3.05, 3.63) is 67.8 Å². The summed E-state index contributed by atoms with van der Waals surface area (Å²) < 4.78 is 0. The number of nitrogens with zero attached hydrogens (tertiary/aromatic N) is 3. The van der Waals surface area contributed by atoms with E-state index in [1.165, 1.54) is 12.1 Å². The Morgan fingerprint density at radius 3 is 1.75 bits per heavy atom. The van der Waals surface area contributed by atoms with Gasteiger partial charge >= 0.3 is 0 Å². The van der Waals surface area contributed by atoms with Crippen LogP contribution in [-0.2, 0) is 13.0 Å². The topological polar surface area (TPSA) is 89.5 Å². The highest BCUT2D eigenvalue weighted by Crippen LogP contribution is 2.31. The minimum absolute atomic E-state index is 0.0171. The Balaban J connectivity index is 2.53. The molecule has 2 aromatic carbocycles. The zero-order valence-corrected chi connectivity index (χ0v) is 13.9. The maximum Gasteiger partial charge on any atom is 0.274 e. The van der Waals surface area contributed by atoms with Crippen LogP contribution in [0.3, 0.4) is 0 Å². The Morgan fingerprint density at radius 2 is 1.33 bits per heavy atom. The fraction of sp³-hybridized carbons (Fsp3) is 0.294. The monoisotopic (exact) mass is 329 g/mol. The van der Waals surface area contributed by atoms with Gasteiger partial charge in [0, 0.05) is 29.8 Å². The molecule has 0 N–H and O–H groups in total. The van der Waals surface area contributed by atoms with Crippen LogP contribution in [0.4, 0.5) is 11.4 Å². The van der Waals surface area contributed by atoms with E-state index in [2.05, 4.69) is 0 Å². The minimum Gasteiger partial charge on any atom is -0.305 e. The highest BCUT2D eigenvalue weighted by atomic mass is 16.6. The lowest BCUT2D eigenvalue weighted by atomic mass is 9.99. The van der Waals surface area contributed by atoms with Gasteiger partial charge in [0.25, 0.3) is 11.4 Å². The van der Waals surface area contributed by atoms with E-state index in [1.807, 2.05) is 25.9 Å². The van der Waals surface area contributed by atoms with Crippen LogP contribution in [0.5, 0.6) is 0 Å². The van der Waals surface area contributed by atoms with Crippen molar-refractivity contribution in [2.24, 2.45) is 0 Å². The van der Waals surface area contributed by atoms with Gasteiger partial charge in [0.05, 0.1) is 9.85 Å². The Bertz CT molecular complexity index is 787. The first-order valence-electron chi connectivity index (χ1n) is 7.53. The Labute approximate surface area is 139 Å². The fourth-order valence-electron chi connectivity index (χ4n) is 2.60. The van der Waals surface area contributed by atoms with Gasteiger partial charge in [-0.25, -0.2) is 0 Å². The Morgan fingerprint density at radius 1 is 0.875 bits per heavy atom. The quantitative estimate of drug-likeness (QED) is 0.594. The second-order valence-electron chi connectivity index (χ2n) is 5.79. The molecule has 126 valence electrons. The predicted molar refractivity (Wildman–Crippen MR) is 92.0 cm³/mol. The average molecular weight is 329 g/mol. The van der Waals surface area contributed by atoms with Gasteiger partial charge < -0.3 is 4.90 Å². The largest absolute Gasteiger partial charge is 0.305 e. The van der Waals surface area contributed by atoms with E-state index in [9.17, 15) is 20.2 Å². The summed E-state index contributed by atoms with van der Waals surface area (Å²) in [5.41, 5.74) is 2.49. The van der Waals surface area contributed by atoms with Crippen LogP contribution < -0.4 is 0 Å². The molecule has 0 atom stereocenters. The lowest BCUT2D eigenvalue weighted by molar-refractivity contribution is -0.385. The number of hydrogen-bond acceptors (Lipinski definition) is 5. The molecular weight excluding hydrogens is 310 g/mol. The molecular formula is C17H19N3O4. The van der Waals surface area contributed by atoms with E-state index >= 15 is 0 Å². The van der Waals surface area contributed by atoms with Gasteiger partial charge in [0.15, 0.2) is 0 Å². The molecule has 7 heteroatoms. The van der Waals surface area contributed by atoms with E-state index in [0.29, 0.717) is 35.2 Å². The van der Waals surface area contributed by atoms with Gasteiger partial charge in [-0.1, -0.05) is 31.2 Å².